The molecule has 0 saturated carbocycles. The highest BCUT2D eigenvalue weighted by Gasteiger charge is 2.15. The first-order valence-electron chi connectivity index (χ1n) is 7.60. The van der Waals surface area contributed by atoms with Crippen molar-refractivity contribution in [2.45, 2.75) is 45.8 Å². The summed E-state index contributed by atoms with van der Waals surface area (Å²) in [7, 11) is 0. The molecule has 0 radical (unpaired) electrons. The zero-order valence-electron chi connectivity index (χ0n) is 13.4. The predicted octanol–water partition coefficient (Wildman–Crippen LogP) is 1.98. The fraction of sp³-hybridized carbons (Fsp3) is 0.500. The molecule has 2 atom stereocenters. The second-order valence-electron chi connectivity index (χ2n) is 5.65. The van der Waals surface area contributed by atoms with E-state index in [1.54, 1.807) is 11.3 Å². The van der Waals surface area contributed by atoms with Gasteiger partial charge in [0.25, 0.3) is 0 Å². The van der Waals surface area contributed by atoms with E-state index in [4.69, 9.17) is 0 Å². The van der Waals surface area contributed by atoms with Crippen molar-refractivity contribution in [2.24, 2.45) is 0 Å². The summed E-state index contributed by atoms with van der Waals surface area (Å²) in [6, 6.07) is 4.09. The molecule has 120 valence electrons. The Balaban J connectivity index is 1.68. The Morgan fingerprint density at radius 3 is 2.91 bits per heavy atom. The number of aryl methyl sites for hydroxylation is 1. The standard InChI is InChI=1S/C16H24N4OS/c1-12-9-18-20(10-12)11-13(2)19-14(3)16(21)17-7-6-15-5-4-8-22-15/h4-5,8-10,13-14,19H,6-7,11H2,1-3H3,(H,17,21)/t13-,14-/m1/s1. The molecule has 1 amide bonds. The van der Waals surface area contributed by atoms with Crippen LogP contribution >= 0.6 is 11.3 Å². The van der Waals surface area contributed by atoms with Crippen molar-refractivity contribution in [1.82, 2.24) is 20.4 Å². The van der Waals surface area contributed by atoms with Gasteiger partial charge in [0.1, 0.15) is 0 Å². The first-order valence-corrected chi connectivity index (χ1v) is 8.48. The molecule has 0 spiro atoms. The number of thiophene rings is 1. The van der Waals surface area contributed by atoms with E-state index in [2.05, 4.69) is 34.1 Å². The molecule has 0 saturated heterocycles. The summed E-state index contributed by atoms with van der Waals surface area (Å²) in [6.45, 7) is 7.40. The Kier molecular flexibility index (Phi) is 6.15. The second-order valence-corrected chi connectivity index (χ2v) is 6.68. The fourth-order valence-electron chi connectivity index (χ4n) is 2.32. The monoisotopic (exact) mass is 320 g/mol. The number of hydrogen-bond acceptors (Lipinski definition) is 4. The van der Waals surface area contributed by atoms with Crippen LogP contribution in [0.4, 0.5) is 0 Å². The van der Waals surface area contributed by atoms with Crippen LogP contribution in [0.1, 0.15) is 24.3 Å². The molecular weight excluding hydrogens is 296 g/mol. The van der Waals surface area contributed by atoms with Crippen molar-refractivity contribution in [3.8, 4) is 0 Å². The van der Waals surface area contributed by atoms with Gasteiger partial charge >= 0.3 is 0 Å². The Labute approximate surface area is 135 Å². The van der Waals surface area contributed by atoms with E-state index in [0.717, 1.165) is 18.5 Å². The maximum absolute atomic E-state index is 12.1. The van der Waals surface area contributed by atoms with Crippen LogP contribution in [-0.2, 0) is 17.8 Å². The van der Waals surface area contributed by atoms with Crippen LogP contribution in [0.2, 0.25) is 0 Å². The molecule has 6 heteroatoms. The molecule has 0 fully saturated rings. The van der Waals surface area contributed by atoms with Gasteiger partial charge in [-0.3, -0.25) is 9.48 Å². The number of rotatable bonds is 8. The first-order chi connectivity index (χ1) is 10.5. The normalized spacial score (nSPS) is 13.8. The van der Waals surface area contributed by atoms with Crippen LogP contribution in [-0.4, -0.2) is 34.3 Å². The quantitative estimate of drug-likeness (QED) is 0.782. The summed E-state index contributed by atoms with van der Waals surface area (Å²) >= 11 is 1.72. The number of nitrogens with zero attached hydrogens (tertiary/aromatic N) is 2. The van der Waals surface area contributed by atoms with Crippen LogP contribution in [0.3, 0.4) is 0 Å². The molecule has 5 nitrogen and oxygen atoms in total. The number of hydrogen-bond donors (Lipinski definition) is 2. The SMILES string of the molecule is Cc1cnn(C[C@@H](C)N[C@H](C)C(=O)NCCc2cccs2)c1. The molecule has 0 aliphatic heterocycles. The molecule has 2 aromatic heterocycles. The number of nitrogens with one attached hydrogen (secondary N) is 2. The first kappa shape index (κ1) is 16.7. The average molecular weight is 320 g/mol. The summed E-state index contributed by atoms with van der Waals surface area (Å²) in [5.74, 6) is 0.0417. The van der Waals surface area contributed by atoms with E-state index in [1.165, 1.54) is 4.88 Å². The average Bonchev–Trinajstić information content (AvgIpc) is 3.10. The summed E-state index contributed by atoms with van der Waals surface area (Å²) in [5, 5.41) is 12.6. The highest BCUT2D eigenvalue weighted by molar-refractivity contribution is 7.09. The fourth-order valence-corrected chi connectivity index (χ4v) is 3.03. The van der Waals surface area contributed by atoms with Gasteiger partial charge in [0.2, 0.25) is 5.91 Å². The minimum atomic E-state index is -0.213. The zero-order valence-corrected chi connectivity index (χ0v) is 14.2. The molecule has 2 N–H and O–H groups in total. The van der Waals surface area contributed by atoms with Crippen molar-refractivity contribution in [3.63, 3.8) is 0 Å². The molecule has 22 heavy (non-hydrogen) atoms. The highest BCUT2D eigenvalue weighted by Crippen LogP contribution is 2.08. The number of aromatic nitrogens is 2. The third kappa shape index (κ3) is 5.27. The largest absolute Gasteiger partial charge is 0.354 e. The van der Waals surface area contributed by atoms with E-state index in [0.29, 0.717) is 6.54 Å². The molecule has 0 aromatic carbocycles. The minimum Gasteiger partial charge on any atom is -0.354 e. The molecule has 2 aromatic rings. The van der Waals surface area contributed by atoms with Crippen molar-refractivity contribution in [3.05, 3.63) is 40.3 Å². The van der Waals surface area contributed by atoms with E-state index in [-0.39, 0.29) is 18.0 Å². The lowest BCUT2D eigenvalue weighted by Crippen LogP contribution is -2.47. The topological polar surface area (TPSA) is 59.0 Å². The van der Waals surface area contributed by atoms with Gasteiger partial charge in [-0.25, -0.2) is 0 Å². The van der Waals surface area contributed by atoms with Gasteiger partial charge < -0.3 is 10.6 Å². The molecule has 2 heterocycles. The van der Waals surface area contributed by atoms with Crippen LogP contribution in [0.25, 0.3) is 0 Å². The second kappa shape index (κ2) is 8.10. The number of amides is 1. The smallest absolute Gasteiger partial charge is 0.236 e. The molecule has 0 aliphatic rings. The lowest BCUT2D eigenvalue weighted by Gasteiger charge is -2.19. The Morgan fingerprint density at radius 1 is 1.45 bits per heavy atom. The number of carbonyl (C=O) groups excluding carboxylic acids is 1. The summed E-state index contributed by atoms with van der Waals surface area (Å²) in [4.78, 5) is 13.4. The molecule has 0 aliphatic carbocycles. The van der Waals surface area contributed by atoms with Crippen molar-refractivity contribution in [1.29, 1.82) is 0 Å². The zero-order chi connectivity index (χ0) is 15.9. The summed E-state index contributed by atoms with van der Waals surface area (Å²) < 4.78 is 1.90. The predicted molar refractivity (Wildman–Crippen MR) is 90.1 cm³/mol. The summed E-state index contributed by atoms with van der Waals surface area (Å²) in [5.41, 5.74) is 1.14. The van der Waals surface area contributed by atoms with Crippen molar-refractivity contribution in [2.75, 3.05) is 6.54 Å². The van der Waals surface area contributed by atoms with Gasteiger partial charge in [0.05, 0.1) is 18.8 Å². The maximum atomic E-state index is 12.1. The van der Waals surface area contributed by atoms with Gasteiger partial charge in [-0.2, -0.15) is 5.10 Å². The van der Waals surface area contributed by atoms with Gasteiger partial charge in [0.15, 0.2) is 0 Å². The van der Waals surface area contributed by atoms with E-state index in [1.807, 2.05) is 37.0 Å². The number of carbonyl (C=O) groups is 1. The van der Waals surface area contributed by atoms with Gasteiger partial charge in [-0.1, -0.05) is 6.07 Å². The molecule has 0 bridgehead atoms. The Morgan fingerprint density at radius 2 is 2.27 bits per heavy atom. The lowest BCUT2D eigenvalue weighted by atomic mass is 10.2. The molecular formula is C16H24N4OS. The Hall–Kier alpha value is -1.66. The van der Waals surface area contributed by atoms with Gasteiger partial charge in [0, 0.05) is 23.7 Å². The molecule has 2 rings (SSSR count). The lowest BCUT2D eigenvalue weighted by molar-refractivity contribution is -0.122. The van der Waals surface area contributed by atoms with Crippen molar-refractivity contribution < 1.29 is 4.79 Å². The van der Waals surface area contributed by atoms with Gasteiger partial charge in [-0.05, 0) is 44.2 Å². The van der Waals surface area contributed by atoms with Crippen LogP contribution in [0, 0.1) is 6.92 Å². The van der Waals surface area contributed by atoms with Crippen LogP contribution in [0.5, 0.6) is 0 Å². The highest BCUT2D eigenvalue weighted by atomic mass is 32.1. The van der Waals surface area contributed by atoms with Crippen LogP contribution in [0.15, 0.2) is 29.9 Å². The minimum absolute atomic E-state index is 0.0417. The Bertz CT molecular complexity index is 579. The van der Waals surface area contributed by atoms with Gasteiger partial charge in [-0.15, -0.1) is 11.3 Å². The van der Waals surface area contributed by atoms with Crippen molar-refractivity contribution >= 4 is 17.2 Å². The van der Waals surface area contributed by atoms with Crippen LogP contribution < -0.4 is 10.6 Å². The van der Waals surface area contributed by atoms with E-state index in [9.17, 15) is 4.79 Å². The maximum Gasteiger partial charge on any atom is 0.236 e. The third-order valence-corrected chi connectivity index (χ3v) is 4.34. The van der Waals surface area contributed by atoms with E-state index >= 15 is 0 Å². The van der Waals surface area contributed by atoms with E-state index < -0.39 is 0 Å². The third-order valence-electron chi connectivity index (χ3n) is 3.40. The summed E-state index contributed by atoms with van der Waals surface area (Å²) in [6.07, 6.45) is 4.73. The molecule has 0 unspecified atom stereocenters.